The van der Waals surface area contributed by atoms with Gasteiger partial charge in [0.05, 0.1) is 18.6 Å². The number of hydrogen-bond donors (Lipinski definition) is 1. The molecule has 3 aromatic heterocycles. The minimum Gasteiger partial charge on any atom is -0.394 e. The Kier molecular flexibility index (Phi) is 4.37. The summed E-state index contributed by atoms with van der Waals surface area (Å²) in [5.74, 6) is -0.756. The van der Waals surface area contributed by atoms with Crippen LogP contribution in [0.15, 0.2) is 55.4 Å². The lowest BCUT2D eigenvalue weighted by Crippen LogP contribution is -2.31. The van der Waals surface area contributed by atoms with Gasteiger partial charge in [-0.3, -0.25) is 4.57 Å². The monoisotopic (exact) mass is 434 g/mol. The molecule has 4 aromatic rings. The molecule has 0 aliphatic carbocycles. The second kappa shape index (κ2) is 7.17. The molecular weight excluding hydrogens is 412 g/mol. The van der Waals surface area contributed by atoms with E-state index in [1.165, 1.54) is 6.33 Å². The molecule has 1 N–H and O–H groups in total. The number of fused-ring (bicyclic) bond motifs is 2. The summed E-state index contributed by atoms with van der Waals surface area (Å²) in [7, 11) is 0. The number of hydrogen-bond acceptors (Lipinski definition) is 8. The number of benzene rings is 1. The molecule has 2 saturated heterocycles. The van der Waals surface area contributed by atoms with Crippen LogP contribution in [-0.2, 0) is 14.2 Å². The van der Waals surface area contributed by atoms with E-state index in [1.54, 1.807) is 17.2 Å². The number of aromatic nitrogens is 6. The number of aliphatic hydroxyl groups is 1. The number of nitrogens with zero attached hydrogens (tertiary/aromatic N) is 6. The van der Waals surface area contributed by atoms with Crippen molar-refractivity contribution in [3.8, 4) is 16.9 Å². The summed E-state index contributed by atoms with van der Waals surface area (Å²) in [6.07, 6.45) is 5.05. The molecule has 2 fully saturated rings. The highest BCUT2D eigenvalue weighted by molar-refractivity contribution is 5.87. The van der Waals surface area contributed by atoms with E-state index in [4.69, 9.17) is 14.2 Å². The largest absolute Gasteiger partial charge is 0.394 e. The highest BCUT2D eigenvalue weighted by Crippen LogP contribution is 2.43. The molecule has 0 bridgehead atoms. The number of imidazole rings is 1. The average molecular weight is 434 g/mol. The van der Waals surface area contributed by atoms with Gasteiger partial charge in [0.1, 0.15) is 35.8 Å². The minimum absolute atomic E-state index is 0.163. The quantitative estimate of drug-likeness (QED) is 0.520. The Morgan fingerprint density at radius 3 is 2.78 bits per heavy atom. The topological polar surface area (TPSA) is 109 Å². The van der Waals surface area contributed by atoms with Gasteiger partial charge < -0.3 is 19.3 Å². The van der Waals surface area contributed by atoms with Crippen molar-refractivity contribution in [2.45, 2.75) is 44.2 Å². The number of rotatable bonds is 4. The van der Waals surface area contributed by atoms with Crippen LogP contribution in [0.2, 0.25) is 0 Å². The smallest absolute Gasteiger partial charge is 0.166 e. The molecule has 1 aromatic carbocycles. The van der Waals surface area contributed by atoms with Gasteiger partial charge in [-0.2, -0.15) is 5.10 Å². The van der Waals surface area contributed by atoms with Crippen molar-refractivity contribution in [3.05, 3.63) is 55.4 Å². The molecule has 6 rings (SSSR count). The summed E-state index contributed by atoms with van der Waals surface area (Å²) in [5.41, 5.74) is 3.80. The second-order valence-corrected chi connectivity index (χ2v) is 8.36. The van der Waals surface area contributed by atoms with E-state index in [0.29, 0.717) is 16.9 Å². The van der Waals surface area contributed by atoms with Gasteiger partial charge in [0.2, 0.25) is 0 Å². The third-order valence-electron chi connectivity index (χ3n) is 5.83. The van der Waals surface area contributed by atoms with Crippen LogP contribution in [0.1, 0.15) is 20.1 Å². The Hall–Kier alpha value is -3.18. The minimum atomic E-state index is -0.756. The number of ether oxygens (including phenoxy) is 3. The molecule has 2 aliphatic heterocycles. The van der Waals surface area contributed by atoms with Gasteiger partial charge in [0.15, 0.2) is 17.7 Å². The van der Waals surface area contributed by atoms with Gasteiger partial charge >= 0.3 is 0 Å². The Morgan fingerprint density at radius 2 is 1.97 bits per heavy atom. The molecule has 5 heterocycles. The fourth-order valence-electron chi connectivity index (χ4n) is 4.50. The SMILES string of the molecule is CC1(C)O[C@@H]2[C@H](O1)[C@@H](CO)O[C@H]2n1cnc2c(-c3cccc(-n4cccn4)c3)ncnc21. The Morgan fingerprint density at radius 1 is 1.09 bits per heavy atom. The van der Waals surface area contributed by atoms with Crippen molar-refractivity contribution in [1.29, 1.82) is 0 Å². The van der Waals surface area contributed by atoms with Crippen molar-refractivity contribution >= 4 is 11.2 Å². The lowest BCUT2D eigenvalue weighted by molar-refractivity contribution is -0.199. The summed E-state index contributed by atoms with van der Waals surface area (Å²) in [4.78, 5) is 13.6. The summed E-state index contributed by atoms with van der Waals surface area (Å²) < 4.78 is 21.8. The first kappa shape index (κ1) is 19.5. The predicted octanol–water partition coefficient (Wildman–Crippen LogP) is 2.09. The number of aliphatic hydroxyl groups excluding tert-OH is 1. The fourth-order valence-corrected chi connectivity index (χ4v) is 4.50. The summed E-state index contributed by atoms with van der Waals surface area (Å²) >= 11 is 0. The molecule has 0 radical (unpaired) electrons. The van der Waals surface area contributed by atoms with Crippen molar-refractivity contribution < 1.29 is 19.3 Å². The van der Waals surface area contributed by atoms with Gasteiger partial charge in [-0.05, 0) is 32.0 Å². The van der Waals surface area contributed by atoms with E-state index < -0.39 is 18.1 Å². The van der Waals surface area contributed by atoms with Crippen LogP contribution in [0.5, 0.6) is 0 Å². The lowest BCUT2D eigenvalue weighted by atomic mass is 10.1. The van der Waals surface area contributed by atoms with E-state index in [0.717, 1.165) is 11.3 Å². The van der Waals surface area contributed by atoms with Crippen LogP contribution in [0.3, 0.4) is 0 Å². The second-order valence-electron chi connectivity index (χ2n) is 8.36. The zero-order chi connectivity index (χ0) is 21.9. The van der Waals surface area contributed by atoms with Crippen molar-refractivity contribution in [3.63, 3.8) is 0 Å². The summed E-state index contributed by atoms with van der Waals surface area (Å²) in [6, 6.07) is 9.80. The first-order valence-electron chi connectivity index (χ1n) is 10.4. The molecule has 164 valence electrons. The molecule has 10 nitrogen and oxygen atoms in total. The molecule has 0 unspecified atom stereocenters. The lowest BCUT2D eigenvalue weighted by Gasteiger charge is -2.24. The highest BCUT2D eigenvalue weighted by atomic mass is 16.8. The van der Waals surface area contributed by atoms with Gasteiger partial charge in [-0.15, -0.1) is 0 Å². The van der Waals surface area contributed by atoms with E-state index in [2.05, 4.69) is 20.1 Å². The molecule has 0 amide bonds. The van der Waals surface area contributed by atoms with Crippen LogP contribution in [0.25, 0.3) is 28.1 Å². The maximum Gasteiger partial charge on any atom is 0.166 e. The zero-order valence-electron chi connectivity index (χ0n) is 17.6. The summed E-state index contributed by atoms with van der Waals surface area (Å²) in [6.45, 7) is 3.55. The average Bonchev–Trinajstić information content (AvgIpc) is 3.56. The van der Waals surface area contributed by atoms with Crippen LogP contribution >= 0.6 is 0 Å². The third-order valence-corrected chi connectivity index (χ3v) is 5.83. The van der Waals surface area contributed by atoms with E-state index in [9.17, 15) is 5.11 Å². The summed E-state index contributed by atoms with van der Waals surface area (Å²) in [5, 5.41) is 14.1. The van der Waals surface area contributed by atoms with Crippen LogP contribution in [0.4, 0.5) is 0 Å². The van der Waals surface area contributed by atoms with Gasteiger partial charge in [-0.1, -0.05) is 12.1 Å². The van der Waals surface area contributed by atoms with E-state index in [1.807, 2.05) is 54.9 Å². The molecule has 0 saturated carbocycles. The van der Waals surface area contributed by atoms with Crippen LogP contribution < -0.4 is 0 Å². The zero-order valence-corrected chi connectivity index (χ0v) is 17.6. The molecular formula is C22H22N6O4. The third kappa shape index (κ3) is 3.03. The maximum atomic E-state index is 9.79. The normalized spacial score (nSPS) is 26.6. The Labute approximate surface area is 183 Å². The molecule has 4 atom stereocenters. The molecule has 10 heteroatoms. The first-order chi connectivity index (χ1) is 15.5. The van der Waals surface area contributed by atoms with Crippen LogP contribution in [0, 0.1) is 0 Å². The Bertz CT molecular complexity index is 1270. The molecule has 32 heavy (non-hydrogen) atoms. The maximum absolute atomic E-state index is 9.79. The van der Waals surface area contributed by atoms with Gasteiger partial charge in [-0.25, -0.2) is 19.6 Å². The Balaban J connectivity index is 1.41. The van der Waals surface area contributed by atoms with Crippen molar-refractivity contribution in [2.24, 2.45) is 0 Å². The molecule has 0 spiro atoms. The standard InChI is InChI=1S/C22H22N6O4/c1-22(2)31-18-15(10-29)30-21(19(18)32-22)27-12-25-17-16(23-11-24-20(17)27)13-5-3-6-14(9-13)28-8-4-7-26-28/h3-9,11-12,15,18-19,21,29H,10H2,1-2H3/t15-,18-,19-,21-/m1/s1. The van der Waals surface area contributed by atoms with Gasteiger partial charge in [0, 0.05) is 18.0 Å². The van der Waals surface area contributed by atoms with E-state index >= 15 is 0 Å². The first-order valence-corrected chi connectivity index (χ1v) is 10.4. The highest BCUT2D eigenvalue weighted by Gasteiger charge is 2.56. The van der Waals surface area contributed by atoms with Crippen LogP contribution in [-0.4, -0.2) is 65.1 Å². The van der Waals surface area contributed by atoms with E-state index in [-0.39, 0.29) is 18.8 Å². The van der Waals surface area contributed by atoms with Crippen molar-refractivity contribution in [1.82, 2.24) is 29.3 Å². The van der Waals surface area contributed by atoms with Crippen molar-refractivity contribution in [2.75, 3.05) is 6.61 Å². The molecule has 2 aliphatic rings. The van der Waals surface area contributed by atoms with Gasteiger partial charge in [0.25, 0.3) is 0 Å². The fraction of sp³-hybridized carbons (Fsp3) is 0.364. The predicted molar refractivity (Wildman–Crippen MR) is 113 cm³/mol.